The smallest absolute Gasteiger partial charge is 0.131 e. The molecule has 1 unspecified atom stereocenters. The predicted octanol–water partition coefficient (Wildman–Crippen LogP) is 2.53. The molecule has 1 atom stereocenters. The summed E-state index contributed by atoms with van der Waals surface area (Å²) >= 11 is 0. The number of nitrogens with one attached hydrogen (secondary N) is 2. The second-order valence-corrected chi connectivity index (χ2v) is 8.23. The summed E-state index contributed by atoms with van der Waals surface area (Å²) in [6.45, 7) is 6.04. The number of ether oxygens (including phenoxy) is 1. The molecule has 0 saturated carbocycles. The van der Waals surface area contributed by atoms with Crippen molar-refractivity contribution in [3.8, 4) is 0 Å². The zero-order chi connectivity index (χ0) is 19.9. The van der Waals surface area contributed by atoms with E-state index >= 15 is 0 Å². The number of hydrazine groups is 1. The van der Waals surface area contributed by atoms with Gasteiger partial charge in [-0.15, -0.1) is 0 Å². The van der Waals surface area contributed by atoms with Crippen LogP contribution in [0.15, 0.2) is 42.6 Å². The molecule has 3 aliphatic heterocycles. The number of aromatic nitrogens is 2. The molecule has 2 fully saturated rings. The van der Waals surface area contributed by atoms with Crippen LogP contribution in [0.3, 0.4) is 0 Å². The summed E-state index contributed by atoms with van der Waals surface area (Å²) < 4.78 is 5.58. The molecule has 2 aromatic heterocycles. The highest BCUT2D eigenvalue weighted by Crippen LogP contribution is 2.37. The zero-order valence-electron chi connectivity index (χ0n) is 17.0. The van der Waals surface area contributed by atoms with Gasteiger partial charge in [0.2, 0.25) is 0 Å². The summed E-state index contributed by atoms with van der Waals surface area (Å²) in [5, 5.41) is 1.18. The molecule has 0 aliphatic carbocycles. The molecule has 0 amide bonds. The minimum Gasteiger partial charge on any atom is -0.378 e. The van der Waals surface area contributed by atoms with Gasteiger partial charge in [0, 0.05) is 50.4 Å². The molecule has 2 N–H and O–H groups in total. The van der Waals surface area contributed by atoms with Crippen LogP contribution in [0, 0.1) is 0 Å². The normalized spacial score (nSPS) is 21.4. The number of anilines is 2. The summed E-state index contributed by atoms with van der Waals surface area (Å²) in [4.78, 5) is 14.7. The van der Waals surface area contributed by atoms with E-state index in [1.165, 1.54) is 22.2 Å². The van der Waals surface area contributed by atoms with Crippen LogP contribution < -0.4 is 20.7 Å². The maximum Gasteiger partial charge on any atom is 0.131 e. The van der Waals surface area contributed by atoms with E-state index in [0.29, 0.717) is 0 Å². The molecule has 3 aliphatic rings. The molecular formula is C23H26N6O. The van der Waals surface area contributed by atoms with Gasteiger partial charge in [0.25, 0.3) is 0 Å². The first kappa shape index (κ1) is 18.1. The minimum absolute atomic E-state index is 0.185. The second-order valence-electron chi connectivity index (χ2n) is 8.23. The van der Waals surface area contributed by atoms with Crippen molar-refractivity contribution < 1.29 is 4.74 Å². The largest absolute Gasteiger partial charge is 0.378 e. The Balaban J connectivity index is 1.49. The van der Waals surface area contributed by atoms with Crippen LogP contribution in [0.1, 0.15) is 29.3 Å². The minimum atomic E-state index is 0.185. The van der Waals surface area contributed by atoms with Crippen LogP contribution in [-0.2, 0) is 17.8 Å². The molecule has 5 heterocycles. The summed E-state index contributed by atoms with van der Waals surface area (Å²) in [6, 6.07) is 13.3. The Morgan fingerprint density at radius 3 is 2.53 bits per heavy atom. The molecule has 0 spiro atoms. The number of benzene rings is 1. The van der Waals surface area contributed by atoms with Crippen molar-refractivity contribution in [1.82, 2.24) is 20.8 Å². The van der Waals surface area contributed by atoms with Crippen molar-refractivity contribution >= 4 is 22.4 Å². The lowest BCUT2D eigenvalue weighted by Gasteiger charge is -2.30. The Kier molecular flexibility index (Phi) is 4.52. The van der Waals surface area contributed by atoms with E-state index in [0.717, 1.165) is 69.4 Å². The summed E-state index contributed by atoms with van der Waals surface area (Å²) in [6.07, 6.45) is 2.94. The predicted molar refractivity (Wildman–Crippen MR) is 117 cm³/mol. The van der Waals surface area contributed by atoms with E-state index in [1.54, 1.807) is 0 Å². The first-order valence-corrected chi connectivity index (χ1v) is 10.8. The van der Waals surface area contributed by atoms with Crippen LogP contribution in [0.4, 0.5) is 11.5 Å². The van der Waals surface area contributed by atoms with E-state index < -0.39 is 0 Å². The van der Waals surface area contributed by atoms with Crippen molar-refractivity contribution in [2.45, 2.75) is 25.6 Å². The fourth-order valence-electron chi connectivity index (χ4n) is 4.80. The molecule has 30 heavy (non-hydrogen) atoms. The fourth-order valence-corrected chi connectivity index (χ4v) is 4.80. The van der Waals surface area contributed by atoms with E-state index in [2.05, 4.69) is 57.0 Å². The SMILES string of the molecule is c1ccc2c(c1)CN(c1cc(N3CCOCC3)nc3c(C4CCNN4)nccc13)C2. The third-order valence-electron chi connectivity index (χ3n) is 6.40. The number of rotatable bonds is 3. The molecule has 7 heteroatoms. The molecule has 3 aromatic rings. The lowest BCUT2D eigenvalue weighted by molar-refractivity contribution is 0.122. The molecule has 7 nitrogen and oxygen atoms in total. The van der Waals surface area contributed by atoms with Crippen molar-refractivity contribution in [1.29, 1.82) is 0 Å². The number of nitrogens with zero attached hydrogens (tertiary/aromatic N) is 4. The number of fused-ring (bicyclic) bond motifs is 2. The summed E-state index contributed by atoms with van der Waals surface area (Å²) in [5.74, 6) is 1.02. The Bertz CT molecular complexity index is 1050. The molecule has 6 rings (SSSR count). The van der Waals surface area contributed by atoms with E-state index in [1.807, 2.05) is 6.20 Å². The first-order chi connectivity index (χ1) is 14.9. The van der Waals surface area contributed by atoms with Crippen LogP contribution in [0.2, 0.25) is 0 Å². The van der Waals surface area contributed by atoms with Gasteiger partial charge in [-0.3, -0.25) is 10.4 Å². The lowest BCUT2D eigenvalue weighted by Crippen LogP contribution is -2.37. The third kappa shape index (κ3) is 3.10. The van der Waals surface area contributed by atoms with Gasteiger partial charge < -0.3 is 14.5 Å². The topological polar surface area (TPSA) is 65.6 Å². The molecule has 154 valence electrons. The van der Waals surface area contributed by atoms with Crippen LogP contribution in [-0.4, -0.2) is 42.8 Å². The number of pyridine rings is 2. The molecule has 0 radical (unpaired) electrons. The molecule has 1 aromatic carbocycles. The highest BCUT2D eigenvalue weighted by Gasteiger charge is 2.26. The Labute approximate surface area is 176 Å². The number of hydrogen-bond acceptors (Lipinski definition) is 7. The second kappa shape index (κ2) is 7.50. The Morgan fingerprint density at radius 1 is 1.00 bits per heavy atom. The highest BCUT2D eigenvalue weighted by molar-refractivity contribution is 5.95. The van der Waals surface area contributed by atoms with Crippen molar-refractivity contribution in [3.05, 3.63) is 59.4 Å². The average molecular weight is 403 g/mol. The summed E-state index contributed by atoms with van der Waals surface area (Å²) in [7, 11) is 0. The maximum atomic E-state index is 5.58. The standard InChI is InChI=1S/C23H26N6O/c1-2-4-17-15-29(14-16(17)3-1)20-13-21(28-9-11-30-12-10-28)26-22-18(20)5-7-24-23(22)19-6-8-25-27-19/h1-5,7,13,19,25,27H,6,8-12,14-15H2. The number of hydrogen-bond donors (Lipinski definition) is 2. The van der Waals surface area contributed by atoms with Gasteiger partial charge in [0.05, 0.1) is 36.2 Å². The van der Waals surface area contributed by atoms with Crippen molar-refractivity contribution in [2.24, 2.45) is 0 Å². The van der Waals surface area contributed by atoms with Gasteiger partial charge in [0.15, 0.2) is 0 Å². The van der Waals surface area contributed by atoms with Crippen molar-refractivity contribution in [2.75, 3.05) is 42.6 Å². The van der Waals surface area contributed by atoms with Gasteiger partial charge in [-0.05, 0) is 23.6 Å². The lowest BCUT2D eigenvalue weighted by atomic mass is 10.1. The van der Waals surface area contributed by atoms with E-state index in [-0.39, 0.29) is 6.04 Å². The van der Waals surface area contributed by atoms with Crippen molar-refractivity contribution in [3.63, 3.8) is 0 Å². The van der Waals surface area contributed by atoms with Gasteiger partial charge in [-0.1, -0.05) is 24.3 Å². The fraction of sp³-hybridized carbons (Fsp3) is 0.391. The van der Waals surface area contributed by atoms with Gasteiger partial charge in [-0.2, -0.15) is 0 Å². The Morgan fingerprint density at radius 2 is 1.80 bits per heavy atom. The van der Waals surface area contributed by atoms with Gasteiger partial charge >= 0.3 is 0 Å². The maximum absolute atomic E-state index is 5.58. The Hall–Kier alpha value is -2.74. The van der Waals surface area contributed by atoms with Gasteiger partial charge in [-0.25, -0.2) is 10.4 Å². The van der Waals surface area contributed by atoms with E-state index in [9.17, 15) is 0 Å². The highest BCUT2D eigenvalue weighted by atomic mass is 16.5. The molecule has 0 bridgehead atoms. The summed E-state index contributed by atoms with van der Waals surface area (Å²) in [5.41, 5.74) is 12.7. The van der Waals surface area contributed by atoms with Crippen LogP contribution in [0.25, 0.3) is 10.9 Å². The van der Waals surface area contributed by atoms with Gasteiger partial charge in [0.1, 0.15) is 5.82 Å². The van der Waals surface area contributed by atoms with Crippen LogP contribution in [0.5, 0.6) is 0 Å². The van der Waals surface area contributed by atoms with E-state index in [4.69, 9.17) is 14.7 Å². The monoisotopic (exact) mass is 402 g/mol. The molecule has 2 saturated heterocycles. The van der Waals surface area contributed by atoms with Crippen LogP contribution >= 0.6 is 0 Å². The number of morpholine rings is 1. The quantitative estimate of drug-likeness (QED) is 0.698. The first-order valence-electron chi connectivity index (χ1n) is 10.8. The average Bonchev–Trinajstić information content (AvgIpc) is 3.48. The third-order valence-corrected chi connectivity index (χ3v) is 6.40. The zero-order valence-corrected chi connectivity index (χ0v) is 17.0. The molecular weight excluding hydrogens is 376 g/mol.